The van der Waals surface area contributed by atoms with Crippen LogP contribution in [0, 0.1) is 6.92 Å². The summed E-state index contributed by atoms with van der Waals surface area (Å²) >= 11 is 0. The van der Waals surface area contributed by atoms with Crippen LogP contribution in [0.3, 0.4) is 0 Å². The van der Waals surface area contributed by atoms with Crippen LogP contribution < -0.4 is 0 Å². The van der Waals surface area contributed by atoms with Crippen LogP contribution in [0.5, 0.6) is 0 Å². The molecule has 0 aromatic heterocycles. The van der Waals surface area contributed by atoms with Crippen molar-refractivity contribution < 1.29 is 13.2 Å². The van der Waals surface area contributed by atoms with Gasteiger partial charge in [-0.15, -0.1) is 0 Å². The van der Waals surface area contributed by atoms with Gasteiger partial charge in [0.2, 0.25) is 0 Å². The molecule has 17 heavy (non-hydrogen) atoms. The molecule has 0 atom stereocenters. The number of hydrogen-bond acceptors (Lipinski definition) is 3. The molecule has 1 aromatic carbocycles. The first kappa shape index (κ1) is 14.2. The molecule has 0 bridgehead atoms. The maximum atomic E-state index is 11.9. The first-order valence-corrected chi connectivity index (χ1v) is 7.58. The minimum absolute atomic E-state index is 0.0553. The largest absolute Gasteiger partial charge is 0.380 e. The fraction of sp³-hybridized carbons (Fsp3) is 0.538. The normalized spacial score (nSPS) is 11.6. The third-order valence-electron chi connectivity index (χ3n) is 2.52. The molecule has 0 fully saturated rings. The summed E-state index contributed by atoms with van der Waals surface area (Å²) in [7, 11) is -3.19. The van der Waals surface area contributed by atoms with Crippen LogP contribution in [0.25, 0.3) is 0 Å². The van der Waals surface area contributed by atoms with Crippen LogP contribution in [0.15, 0.2) is 29.2 Å². The van der Waals surface area contributed by atoms with E-state index in [1.807, 2.05) is 19.1 Å². The Morgan fingerprint density at radius 1 is 1.12 bits per heavy atom. The number of unbranched alkanes of at least 4 members (excludes halogenated alkanes) is 1. The van der Waals surface area contributed by atoms with Gasteiger partial charge in [-0.25, -0.2) is 8.42 Å². The van der Waals surface area contributed by atoms with Crippen LogP contribution in [0.2, 0.25) is 0 Å². The molecule has 0 unspecified atom stereocenters. The van der Waals surface area contributed by atoms with Crippen LogP contribution in [0.1, 0.15) is 25.3 Å². The van der Waals surface area contributed by atoms with Gasteiger partial charge in [0.05, 0.1) is 17.3 Å². The summed E-state index contributed by atoms with van der Waals surface area (Å²) in [5, 5.41) is 0. The second kappa shape index (κ2) is 6.77. The molecule has 4 heteroatoms. The van der Waals surface area contributed by atoms with Gasteiger partial charge in [0.25, 0.3) is 0 Å². The lowest BCUT2D eigenvalue weighted by Crippen LogP contribution is -2.13. The highest BCUT2D eigenvalue weighted by atomic mass is 32.2. The zero-order chi connectivity index (χ0) is 12.7. The molecule has 0 aliphatic carbocycles. The van der Waals surface area contributed by atoms with Crippen molar-refractivity contribution in [1.82, 2.24) is 0 Å². The van der Waals surface area contributed by atoms with Gasteiger partial charge in [-0.2, -0.15) is 0 Å². The predicted molar refractivity (Wildman–Crippen MR) is 69.0 cm³/mol. The Morgan fingerprint density at radius 3 is 2.35 bits per heavy atom. The van der Waals surface area contributed by atoms with E-state index in [4.69, 9.17) is 4.74 Å². The Hall–Kier alpha value is -0.870. The second-order valence-electron chi connectivity index (χ2n) is 4.10. The highest BCUT2D eigenvalue weighted by Gasteiger charge is 2.13. The molecule has 0 saturated carbocycles. The lowest BCUT2D eigenvalue weighted by Gasteiger charge is -2.05. The Morgan fingerprint density at radius 2 is 1.76 bits per heavy atom. The van der Waals surface area contributed by atoms with Crippen molar-refractivity contribution in [3.63, 3.8) is 0 Å². The number of hydrogen-bond donors (Lipinski definition) is 0. The Balaban J connectivity index is 2.48. The molecule has 1 rings (SSSR count). The average Bonchev–Trinajstić information content (AvgIpc) is 2.29. The first-order valence-electron chi connectivity index (χ1n) is 5.93. The second-order valence-corrected chi connectivity index (χ2v) is 6.21. The quantitative estimate of drug-likeness (QED) is 0.704. The standard InChI is InChI=1S/C13H20O3S/c1-3-4-9-16-10-11-17(14,15)13-7-5-12(2)6-8-13/h5-8H,3-4,9-11H2,1-2H3. The van der Waals surface area contributed by atoms with Crippen molar-refractivity contribution in [3.05, 3.63) is 29.8 Å². The van der Waals surface area contributed by atoms with E-state index in [2.05, 4.69) is 6.92 Å². The summed E-state index contributed by atoms with van der Waals surface area (Å²) in [5.41, 5.74) is 1.06. The topological polar surface area (TPSA) is 43.4 Å². The molecule has 96 valence electrons. The van der Waals surface area contributed by atoms with Crippen LogP contribution in [0.4, 0.5) is 0 Å². The number of sulfone groups is 1. The number of rotatable bonds is 7. The van der Waals surface area contributed by atoms with E-state index in [1.165, 1.54) is 0 Å². The fourth-order valence-electron chi connectivity index (χ4n) is 1.38. The Bertz CT molecular complexity index is 420. The van der Waals surface area contributed by atoms with Crippen molar-refractivity contribution in [1.29, 1.82) is 0 Å². The molecule has 0 radical (unpaired) electrons. The van der Waals surface area contributed by atoms with Gasteiger partial charge >= 0.3 is 0 Å². The smallest absolute Gasteiger partial charge is 0.180 e. The summed E-state index contributed by atoms with van der Waals surface area (Å²) in [6.07, 6.45) is 2.04. The van der Waals surface area contributed by atoms with E-state index in [9.17, 15) is 8.42 Å². The summed E-state index contributed by atoms with van der Waals surface area (Å²) in [4.78, 5) is 0.377. The summed E-state index contributed by atoms with van der Waals surface area (Å²) in [6, 6.07) is 6.92. The molecular formula is C13H20O3S. The molecule has 0 N–H and O–H groups in total. The van der Waals surface area contributed by atoms with E-state index in [0.29, 0.717) is 11.5 Å². The van der Waals surface area contributed by atoms with Gasteiger partial charge in [-0.3, -0.25) is 0 Å². The molecule has 0 aliphatic heterocycles. The van der Waals surface area contributed by atoms with Gasteiger partial charge < -0.3 is 4.74 Å². The predicted octanol–water partition coefficient (Wildman–Crippen LogP) is 2.59. The van der Waals surface area contributed by atoms with Crippen molar-refractivity contribution in [2.75, 3.05) is 19.0 Å². The average molecular weight is 256 g/mol. The molecule has 0 amide bonds. The molecule has 3 nitrogen and oxygen atoms in total. The maximum absolute atomic E-state index is 11.9. The Kier molecular flexibility index (Phi) is 5.65. The zero-order valence-corrected chi connectivity index (χ0v) is 11.3. The number of aryl methyl sites for hydroxylation is 1. The first-order chi connectivity index (χ1) is 8.06. The van der Waals surface area contributed by atoms with Crippen LogP contribution in [-0.2, 0) is 14.6 Å². The van der Waals surface area contributed by atoms with Gasteiger partial charge in [0.1, 0.15) is 0 Å². The molecule has 0 spiro atoms. The monoisotopic (exact) mass is 256 g/mol. The minimum atomic E-state index is -3.19. The minimum Gasteiger partial charge on any atom is -0.380 e. The van der Waals surface area contributed by atoms with E-state index >= 15 is 0 Å². The fourth-order valence-corrected chi connectivity index (χ4v) is 2.50. The summed E-state index contributed by atoms with van der Waals surface area (Å²) in [6.45, 7) is 4.92. The van der Waals surface area contributed by atoms with E-state index in [1.54, 1.807) is 12.1 Å². The lowest BCUT2D eigenvalue weighted by atomic mass is 10.2. The van der Waals surface area contributed by atoms with Crippen molar-refractivity contribution in [2.45, 2.75) is 31.6 Å². The highest BCUT2D eigenvalue weighted by Crippen LogP contribution is 2.11. The van der Waals surface area contributed by atoms with Crippen molar-refractivity contribution >= 4 is 9.84 Å². The molecule has 0 heterocycles. The third-order valence-corrected chi connectivity index (χ3v) is 4.21. The van der Waals surface area contributed by atoms with Crippen LogP contribution >= 0.6 is 0 Å². The third kappa shape index (κ3) is 4.88. The van der Waals surface area contributed by atoms with Crippen LogP contribution in [-0.4, -0.2) is 27.4 Å². The molecule has 1 aromatic rings. The number of benzene rings is 1. The molecule has 0 saturated heterocycles. The summed E-state index contributed by atoms with van der Waals surface area (Å²) in [5.74, 6) is 0.0553. The summed E-state index contributed by atoms with van der Waals surface area (Å²) < 4.78 is 29.1. The van der Waals surface area contributed by atoms with Crippen molar-refractivity contribution in [3.8, 4) is 0 Å². The van der Waals surface area contributed by atoms with Crippen molar-refractivity contribution in [2.24, 2.45) is 0 Å². The SMILES string of the molecule is CCCCOCCS(=O)(=O)c1ccc(C)cc1. The zero-order valence-electron chi connectivity index (χ0n) is 10.5. The van der Waals surface area contributed by atoms with Gasteiger partial charge in [-0.1, -0.05) is 31.0 Å². The van der Waals surface area contributed by atoms with E-state index in [-0.39, 0.29) is 12.4 Å². The number of ether oxygens (including phenoxy) is 1. The maximum Gasteiger partial charge on any atom is 0.180 e. The van der Waals surface area contributed by atoms with E-state index in [0.717, 1.165) is 18.4 Å². The van der Waals surface area contributed by atoms with Gasteiger partial charge in [0.15, 0.2) is 9.84 Å². The molecular weight excluding hydrogens is 236 g/mol. The van der Waals surface area contributed by atoms with Gasteiger partial charge in [-0.05, 0) is 25.5 Å². The highest BCUT2D eigenvalue weighted by molar-refractivity contribution is 7.91. The van der Waals surface area contributed by atoms with Gasteiger partial charge in [0, 0.05) is 6.61 Å². The Labute approximate surface area is 104 Å². The van der Waals surface area contributed by atoms with E-state index < -0.39 is 9.84 Å². The lowest BCUT2D eigenvalue weighted by molar-refractivity contribution is 0.146. The molecule has 0 aliphatic rings.